The van der Waals surface area contributed by atoms with Crippen LogP contribution in [0.25, 0.3) is 5.65 Å². The number of nitrogens with one attached hydrogen (secondary N) is 1. The number of rotatable bonds is 4. The van der Waals surface area contributed by atoms with Gasteiger partial charge in [0.15, 0.2) is 5.65 Å². The van der Waals surface area contributed by atoms with Gasteiger partial charge in [0.25, 0.3) is 0 Å². The highest BCUT2D eigenvalue weighted by Crippen LogP contribution is 2.17. The van der Waals surface area contributed by atoms with Crippen LogP contribution in [0.2, 0.25) is 0 Å². The lowest BCUT2D eigenvalue weighted by Crippen LogP contribution is -2.43. The van der Waals surface area contributed by atoms with Crippen LogP contribution in [0.15, 0.2) is 6.07 Å². The number of fused-ring (bicyclic) bond motifs is 1. The zero-order valence-electron chi connectivity index (χ0n) is 15.1. The van der Waals surface area contributed by atoms with Crippen molar-refractivity contribution in [1.29, 1.82) is 0 Å². The second-order valence-electron chi connectivity index (χ2n) is 6.96. The van der Waals surface area contributed by atoms with Crippen LogP contribution in [0.3, 0.4) is 0 Å². The van der Waals surface area contributed by atoms with Crippen LogP contribution < -0.4 is 5.32 Å². The molecule has 1 saturated heterocycles. The summed E-state index contributed by atoms with van der Waals surface area (Å²) in [6.07, 6.45) is 3.29. The number of carbonyl (C=O) groups is 1. The number of aryl methyl sites for hydroxylation is 3. The Balaban J connectivity index is 1.63. The van der Waals surface area contributed by atoms with E-state index in [0.29, 0.717) is 18.9 Å². The van der Waals surface area contributed by atoms with Crippen LogP contribution in [0, 0.1) is 20.8 Å². The normalized spacial score (nSPS) is 16.7. The molecule has 6 heteroatoms. The van der Waals surface area contributed by atoms with Crippen LogP contribution in [-0.4, -0.2) is 51.6 Å². The molecule has 0 spiro atoms. The van der Waals surface area contributed by atoms with E-state index in [1.165, 1.54) is 0 Å². The molecule has 0 radical (unpaired) electrons. The fourth-order valence-electron chi connectivity index (χ4n) is 3.49. The monoisotopic (exact) mass is 329 g/mol. The van der Waals surface area contributed by atoms with Crippen LogP contribution >= 0.6 is 0 Å². The second kappa shape index (κ2) is 6.89. The molecule has 6 nitrogen and oxygen atoms in total. The average molecular weight is 329 g/mol. The number of piperidine rings is 1. The molecule has 3 rings (SSSR count). The van der Waals surface area contributed by atoms with Gasteiger partial charge >= 0.3 is 0 Å². The van der Waals surface area contributed by atoms with Gasteiger partial charge in [0, 0.05) is 29.9 Å². The molecule has 0 unspecified atom stereocenters. The Morgan fingerprint density at radius 2 is 2.00 bits per heavy atom. The van der Waals surface area contributed by atoms with Gasteiger partial charge in [-0.25, -0.2) is 9.50 Å². The van der Waals surface area contributed by atoms with E-state index in [2.05, 4.69) is 34.3 Å². The van der Waals surface area contributed by atoms with E-state index < -0.39 is 0 Å². The maximum atomic E-state index is 12.3. The number of hydrogen-bond donors (Lipinski definition) is 1. The number of nitrogens with zero attached hydrogens (tertiary/aromatic N) is 4. The van der Waals surface area contributed by atoms with E-state index in [0.717, 1.165) is 54.2 Å². The van der Waals surface area contributed by atoms with Crippen molar-refractivity contribution in [3.8, 4) is 0 Å². The molecule has 130 valence electrons. The van der Waals surface area contributed by atoms with Crippen molar-refractivity contribution in [2.75, 3.05) is 20.1 Å². The summed E-state index contributed by atoms with van der Waals surface area (Å²) in [7, 11) is 2.13. The number of hydrogen-bond acceptors (Lipinski definition) is 4. The van der Waals surface area contributed by atoms with Crippen LogP contribution in [-0.2, 0) is 11.2 Å². The van der Waals surface area contributed by atoms with Crippen molar-refractivity contribution >= 4 is 11.6 Å². The summed E-state index contributed by atoms with van der Waals surface area (Å²) >= 11 is 0. The Morgan fingerprint density at radius 3 is 2.71 bits per heavy atom. The van der Waals surface area contributed by atoms with E-state index in [1.807, 2.05) is 24.4 Å². The van der Waals surface area contributed by atoms with E-state index in [9.17, 15) is 4.79 Å². The molecule has 24 heavy (non-hydrogen) atoms. The molecule has 0 atom stereocenters. The molecule has 3 heterocycles. The van der Waals surface area contributed by atoms with Gasteiger partial charge in [-0.2, -0.15) is 5.10 Å². The van der Waals surface area contributed by atoms with Gasteiger partial charge in [0.2, 0.25) is 5.91 Å². The molecule has 1 amide bonds. The maximum Gasteiger partial charge on any atom is 0.220 e. The van der Waals surface area contributed by atoms with E-state index >= 15 is 0 Å². The van der Waals surface area contributed by atoms with E-state index in [-0.39, 0.29) is 5.91 Å². The van der Waals surface area contributed by atoms with Gasteiger partial charge in [0.05, 0.1) is 5.69 Å². The molecule has 0 aliphatic carbocycles. The predicted octanol–water partition coefficient (Wildman–Crippen LogP) is 1.80. The largest absolute Gasteiger partial charge is 0.353 e. The van der Waals surface area contributed by atoms with Crippen molar-refractivity contribution in [1.82, 2.24) is 24.8 Å². The van der Waals surface area contributed by atoms with Gasteiger partial charge in [-0.05, 0) is 65.7 Å². The van der Waals surface area contributed by atoms with Gasteiger partial charge in [-0.3, -0.25) is 4.79 Å². The first kappa shape index (κ1) is 16.9. The molecule has 1 fully saturated rings. The Labute approximate surface area is 143 Å². The molecular formula is C18H27N5O. The lowest BCUT2D eigenvalue weighted by Gasteiger charge is -2.29. The highest BCUT2D eigenvalue weighted by Gasteiger charge is 2.19. The zero-order chi connectivity index (χ0) is 17.3. The zero-order valence-corrected chi connectivity index (χ0v) is 15.1. The minimum atomic E-state index is 0.139. The number of likely N-dealkylation sites (tertiary alicyclic amines) is 1. The Hall–Kier alpha value is -1.95. The van der Waals surface area contributed by atoms with Crippen molar-refractivity contribution < 1.29 is 4.79 Å². The summed E-state index contributed by atoms with van der Waals surface area (Å²) in [6, 6.07) is 2.31. The van der Waals surface area contributed by atoms with Crippen molar-refractivity contribution in [3.05, 3.63) is 28.7 Å². The third kappa shape index (κ3) is 3.59. The second-order valence-corrected chi connectivity index (χ2v) is 6.96. The highest BCUT2D eigenvalue weighted by atomic mass is 16.1. The maximum absolute atomic E-state index is 12.3. The molecule has 1 N–H and O–H groups in total. The van der Waals surface area contributed by atoms with Crippen molar-refractivity contribution in [3.63, 3.8) is 0 Å². The van der Waals surface area contributed by atoms with Crippen molar-refractivity contribution in [2.45, 2.75) is 52.5 Å². The summed E-state index contributed by atoms with van der Waals surface area (Å²) in [4.78, 5) is 19.2. The topological polar surface area (TPSA) is 62.5 Å². The Morgan fingerprint density at radius 1 is 1.29 bits per heavy atom. The summed E-state index contributed by atoms with van der Waals surface area (Å²) < 4.78 is 1.88. The third-order valence-electron chi connectivity index (χ3n) is 4.97. The summed E-state index contributed by atoms with van der Waals surface area (Å²) in [5, 5.41) is 7.67. The minimum absolute atomic E-state index is 0.139. The Bertz CT molecular complexity index is 743. The van der Waals surface area contributed by atoms with Crippen molar-refractivity contribution in [2.24, 2.45) is 0 Å². The fraction of sp³-hybridized carbons (Fsp3) is 0.611. The van der Waals surface area contributed by atoms with E-state index in [1.54, 1.807) is 0 Å². The summed E-state index contributed by atoms with van der Waals surface area (Å²) in [6.45, 7) is 8.15. The molecule has 1 aliphatic rings. The highest BCUT2D eigenvalue weighted by molar-refractivity contribution is 5.76. The molecular weight excluding hydrogens is 302 g/mol. The smallest absolute Gasteiger partial charge is 0.220 e. The van der Waals surface area contributed by atoms with Gasteiger partial charge in [-0.1, -0.05) is 0 Å². The molecule has 1 aliphatic heterocycles. The SMILES string of the molecule is Cc1cc2nc(C)c(CCC(=O)NC3CCN(C)CC3)c(C)n2n1. The number of carbonyl (C=O) groups excluding carboxylic acids is 1. The number of amides is 1. The van der Waals surface area contributed by atoms with Crippen LogP contribution in [0.5, 0.6) is 0 Å². The van der Waals surface area contributed by atoms with E-state index in [4.69, 9.17) is 0 Å². The standard InChI is InChI=1S/C18H27N5O/c1-12-11-17-19-13(2)16(14(3)23(17)21-12)5-6-18(24)20-15-7-9-22(4)10-8-15/h11,15H,5-10H2,1-4H3,(H,20,24). The minimum Gasteiger partial charge on any atom is -0.353 e. The first-order chi connectivity index (χ1) is 11.4. The summed E-state index contributed by atoms with van der Waals surface area (Å²) in [5.41, 5.74) is 5.04. The van der Waals surface area contributed by atoms with Crippen LogP contribution in [0.1, 0.15) is 41.9 Å². The number of aromatic nitrogens is 3. The van der Waals surface area contributed by atoms with Crippen LogP contribution in [0.4, 0.5) is 0 Å². The lowest BCUT2D eigenvalue weighted by molar-refractivity contribution is -0.122. The molecule has 0 bridgehead atoms. The summed E-state index contributed by atoms with van der Waals surface area (Å²) in [5.74, 6) is 0.139. The lowest BCUT2D eigenvalue weighted by atomic mass is 10.0. The Kier molecular flexibility index (Phi) is 4.85. The third-order valence-corrected chi connectivity index (χ3v) is 4.97. The quantitative estimate of drug-likeness (QED) is 0.929. The first-order valence-electron chi connectivity index (χ1n) is 8.74. The van der Waals surface area contributed by atoms with Gasteiger partial charge in [0.1, 0.15) is 0 Å². The molecule has 0 aromatic carbocycles. The predicted molar refractivity (Wildman–Crippen MR) is 94.2 cm³/mol. The average Bonchev–Trinajstić information content (AvgIpc) is 2.90. The fourth-order valence-corrected chi connectivity index (χ4v) is 3.49. The molecule has 0 saturated carbocycles. The van der Waals surface area contributed by atoms with Gasteiger partial charge in [-0.15, -0.1) is 0 Å². The first-order valence-corrected chi connectivity index (χ1v) is 8.74. The molecule has 2 aromatic rings. The van der Waals surface area contributed by atoms with Gasteiger partial charge < -0.3 is 10.2 Å². The molecule has 2 aromatic heterocycles.